The Hall–Kier alpha value is -2.57. The van der Waals surface area contributed by atoms with E-state index in [-0.39, 0.29) is 10.5 Å². The first-order chi connectivity index (χ1) is 13.2. The topological polar surface area (TPSA) is 63.2 Å². The fourth-order valence-corrected chi connectivity index (χ4v) is 4.61. The Morgan fingerprint density at radius 2 is 1.61 bits per heavy atom. The molecular weight excluding hydrogens is 390 g/mol. The van der Waals surface area contributed by atoms with Crippen LogP contribution in [0.1, 0.15) is 21.5 Å². The maximum Gasteiger partial charge on any atom is 0.256 e. The molecule has 0 aliphatic rings. The molecule has 4 nitrogen and oxygen atoms in total. The van der Waals surface area contributed by atoms with Crippen LogP contribution in [0.25, 0.3) is 0 Å². The highest BCUT2D eigenvalue weighted by atomic mass is 32.2. The first kappa shape index (κ1) is 20.2. The van der Waals surface area contributed by atoms with Gasteiger partial charge in [0.2, 0.25) is 0 Å². The number of carbonyl (C=O) groups is 1. The SMILES string of the molecule is Cc1ccc(C)c(Sc2ccc(NC(=O)c3ccccc3S(C)(=O)=O)cc2)c1. The normalized spacial score (nSPS) is 11.2. The van der Waals surface area contributed by atoms with Gasteiger partial charge in [-0.3, -0.25) is 4.79 Å². The summed E-state index contributed by atoms with van der Waals surface area (Å²) < 4.78 is 23.8. The Morgan fingerprint density at radius 1 is 0.929 bits per heavy atom. The van der Waals surface area contributed by atoms with Crippen LogP contribution < -0.4 is 5.32 Å². The molecule has 0 saturated heterocycles. The third-order valence-corrected chi connectivity index (χ3v) is 6.54. The van der Waals surface area contributed by atoms with Crippen LogP contribution in [-0.4, -0.2) is 20.6 Å². The first-order valence-corrected chi connectivity index (χ1v) is 11.4. The Labute approximate surface area is 169 Å². The molecule has 0 radical (unpaired) electrons. The lowest BCUT2D eigenvalue weighted by atomic mass is 10.2. The average molecular weight is 412 g/mol. The summed E-state index contributed by atoms with van der Waals surface area (Å²) in [6.45, 7) is 4.14. The van der Waals surface area contributed by atoms with Crippen LogP contribution in [-0.2, 0) is 9.84 Å². The fraction of sp³-hybridized carbons (Fsp3) is 0.136. The number of hydrogen-bond acceptors (Lipinski definition) is 4. The third kappa shape index (κ3) is 4.82. The number of aryl methyl sites for hydroxylation is 2. The monoisotopic (exact) mass is 411 g/mol. The van der Waals surface area contributed by atoms with Gasteiger partial charge in [0.05, 0.1) is 10.5 Å². The summed E-state index contributed by atoms with van der Waals surface area (Å²) >= 11 is 1.67. The molecule has 3 aromatic carbocycles. The number of rotatable bonds is 5. The summed E-state index contributed by atoms with van der Waals surface area (Å²) in [6, 6.07) is 20.0. The van der Waals surface area contributed by atoms with Gasteiger partial charge in [-0.05, 0) is 67.4 Å². The number of sulfone groups is 1. The van der Waals surface area contributed by atoms with Crippen molar-refractivity contribution in [3.63, 3.8) is 0 Å². The Balaban J connectivity index is 1.76. The molecule has 3 aromatic rings. The minimum absolute atomic E-state index is 0.0228. The molecule has 6 heteroatoms. The van der Waals surface area contributed by atoms with Crippen LogP contribution in [0.5, 0.6) is 0 Å². The van der Waals surface area contributed by atoms with Crippen LogP contribution in [0.4, 0.5) is 5.69 Å². The Morgan fingerprint density at radius 3 is 2.29 bits per heavy atom. The number of carbonyl (C=O) groups excluding carboxylic acids is 1. The van der Waals surface area contributed by atoms with Gasteiger partial charge in [-0.25, -0.2) is 8.42 Å². The number of hydrogen-bond donors (Lipinski definition) is 1. The van der Waals surface area contributed by atoms with Gasteiger partial charge < -0.3 is 5.32 Å². The Kier molecular flexibility index (Phi) is 5.91. The number of amides is 1. The van der Waals surface area contributed by atoms with Crippen molar-refractivity contribution in [2.24, 2.45) is 0 Å². The molecule has 1 amide bonds. The molecule has 3 rings (SSSR count). The van der Waals surface area contributed by atoms with E-state index >= 15 is 0 Å². The summed E-state index contributed by atoms with van der Waals surface area (Å²) in [6.07, 6.45) is 1.10. The summed E-state index contributed by atoms with van der Waals surface area (Å²) in [5.41, 5.74) is 3.17. The van der Waals surface area contributed by atoms with Crippen molar-refractivity contribution >= 4 is 33.2 Å². The van der Waals surface area contributed by atoms with Crippen LogP contribution in [0.15, 0.2) is 81.4 Å². The lowest BCUT2D eigenvalue weighted by Crippen LogP contribution is -2.15. The van der Waals surface area contributed by atoms with E-state index in [4.69, 9.17) is 0 Å². The van der Waals surface area contributed by atoms with E-state index in [2.05, 4.69) is 37.4 Å². The van der Waals surface area contributed by atoms with E-state index < -0.39 is 15.7 Å². The lowest BCUT2D eigenvalue weighted by molar-refractivity contribution is 0.102. The second-order valence-electron chi connectivity index (χ2n) is 6.62. The van der Waals surface area contributed by atoms with Crippen molar-refractivity contribution in [2.45, 2.75) is 28.5 Å². The number of anilines is 1. The van der Waals surface area contributed by atoms with E-state index in [1.165, 1.54) is 28.2 Å². The van der Waals surface area contributed by atoms with Gasteiger partial charge in [0.15, 0.2) is 9.84 Å². The van der Waals surface area contributed by atoms with Crippen LogP contribution in [0, 0.1) is 13.8 Å². The van der Waals surface area contributed by atoms with Gasteiger partial charge in [0.1, 0.15) is 0 Å². The molecule has 144 valence electrons. The van der Waals surface area contributed by atoms with Gasteiger partial charge in [-0.1, -0.05) is 36.0 Å². The van der Waals surface area contributed by atoms with Gasteiger partial charge in [-0.2, -0.15) is 0 Å². The maximum absolute atomic E-state index is 12.6. The molecule has 0 aromatic heterocycles. The second-order valence-corrected chi connectivity index (χ2v) is 9.72. The zero-order chi connectivity index (χ0) is 20.3. The molecule has 0 heterocycles. The van der Waals surface area contributed by atoms with Crippen molar-refractivity contribution in [1.82, 2.24) is 0 Å². The quantitative estimate of drug-likeness (QED) is 0.634. The van der Waals surface area contributed by atoms with Crippen molar-refractivity contribution in [2.75, 3.05) is 11.6 Å². The van der Waals surface area contributed by atoms with Crippen LogP contribution in [0.2, 0.25) is 0 Å². The van der Waals surface area contributed by atoms with Crippen molar-refractivity contribution < 1.29 is 13.2 Å². The zero-order valence-electron chi connectivity index (χ0n) is 15.9. The fourth-order valence-electron chi connectivity index (χ4n) is 2.73. The van der Waals surface area contributed by atoms with Gasteiger partial charge in [-0.15, -0.1) is 0 Å². The summed E-state index contributed by atoms with van der Waals surface area (Å²) in [4.78, 5) is 14.8. The maximum atomic E-state index is 12.6. The molecule has 0 unspecified atom stereocenters. The highest BCUT2D eigenvalue weighted by molar-refractivity contribution is 7.99. The van der Waals surface area contributed by atoms with E-state index in [0.29, 0.717) is 5.69 Å². The molecule has 28 heavy (non-hydrogen) atoms. The summed E-state index contributed by atoms with van der Waals surface area (Å²) in [7, 11) is -3.48. The average Bonchev–Trinajstić information content (AvgIpc) is 2.65. The Bertz CT molecular complexity index is 1120. The highest BCUT2D eigenvalue weighted by Gasteiger charge is 2.18. The summed E-state index contributed by atoms with van der Waals surface area (Å²) in [5, 5.41) is 2.77. The van der Waals surface area contributed by atoms with Crippen LogP contribution in [0.3, 0.4) is 0 Å². The molecular formula is C22H21NO3S2. The molecule has 0 fully saturated rings. The lowest BCUT2D eigenvalue weighted by Gasteiger charge is -2.10. The zero-order valence-corrected chi connectivity index (χ0v) is 17.5. The van der Waals surface area contributed by atoms with Crippen molar-refractivity contribution in [3.8, 4) is 0 Å². The molecule has 0 bridgehead atoms. The first-order valence-electron chi connectivity index (χ1n) is 8.69. The number of benzene rings is 3. The van der Waals surface area contributed by atoms with E-state index in [0.717, 1.165) is 11.2 Å². The molecule has 1 N–H and O–H groups in total. The molecule has 0 aliphatic heterocycles. The van der Waals surface area contributed by atoms with E-state index in [1.807, 2.05) is 24.3 Å². The molecule has 0 spiro atoms. The molecule has 0 saturated carbocycles. The standard InChI is InChI=1S/C22H21NO3S2/c1-15-8-9-16(2)20(14-15)27-18-12-10-17(11-13-18)23-22(24)19-6-4-5-7-21(19)28(3,25)26/h4-14H,1-3H3,(H,23,24). The highest BCUT2D eigenvalue weighted by Crippen LogP contribution is 2.31. The molecule has 0 atom stereocenters. The number of nitrogens with one attached hydrogen (secondary N) is 1. The smallest absolute Gasteiger partial charge is 0.256 e. The van der Waals surface area contributed by atoms with Gasteiger partial charge >= 0.3 is 0 Å². The minimum Gasteiger partial charge on any atom is -0.322 e. The van der Waals surface area contributed by atoms with Gasteiger partial charge in [0.25, 0.3) is 5.91 Å². The third-order valence-electron chi connectivity index (χ3n) is 4.21. The van der Waals surface area contributed by atoms with E-state index in [9.17, 15) is 13.2 Å². The van der Waals surface area contributed by atoms with E-state index in [1.54, 1.807) is 23.9 Å². The van der Waals surface area contributed by atoms with Gasteiger partial charge in [0, 0.05) is 21.7 Å². The van der Waals surface area contributed by atoms with Crippen molar-refractivity contribution in [1.29, 1.82) is 0 Å². The molecule has 0 aliphatic carbocycles. The predicted octanol–water partition coefficient (Wildman–Crippen LogP) is 5.11. The summed E-state index contributed by atoms with van der Waals surface area (Å²) in [5.74, 6) is -0.448. The largest absolute Gasteiger partial charge is 0.322 e. The minimum atomic E-state index is -3.48. The van der Waals surface area contributed by atoms with Crippen LogP contribution >= 0.6 is 11.8 Å². The second kappa shape index (κ2) is 8.20. The predicted molar refractivity (Wildman–Crippen MR) is 114 cm³/mol. The van der Waals surface area contributed by atoms with Crippen molar-refractivity contribution in [3.05, 3.63) is 83.4 Å².